The van der Waals surface area contributed by atoms with E-state index in [2.05, 4.69) is 20.2 Å². The van der Waals surface area contributed by atoms with Gasteiger partial charge in [-0.1, -0.05) is 41.7 Å². The van der Waals surface area contributed by atoms with Crippen molar-refractivity contribution in [1.82, 2.24) is 20.2 Å². The Morgan fingerprint density at radius 1 is 1.11 bits per heavy atom. The van der Waals surface area contributed by atoms with E-state index in [4.69, 9.17) is 4.74 Å². The van der Waals surface area contributed by atoms with Crippen LogP contribution in [0.4, 0.5) is 0 Å². The van der Waals surface area contributed by atoms with Crippen molar-refractivity contribution in [2.24, 2.45) is 0 Å². The minimum atomic E-state index is 0.0308. The highest BCUT2D eigenvalue weighted by molar-refractivity contribution is 8.02. The second kappa shape index (κ2) is 11.3. The summed E-state index contributed by atoms with van der Waals surface area (Å²) in [7, 11) is 0. The number of amides is 1. The number of nitrogens with one attached hydrogen (secondary N) is 1. The fourth-order valence-electron chi connectivity index (χ4n) is 2.62. The molecule has 1 saturated heterocycles. The van der Waals surface area contributed by atoms with E-state index in [0.29, 0.717) is 12.3 Å². The second-order valence-electron chi connectivity index (χ2n) is 6.03. The van der Waals surface area contributed by atoms with Crippen LogP contribution in [0.3, 0.4) is 0 Å². The maximum atomic E-state index is 12.1. The summed E-state index contributed by atoms with van der Waals surface area (Å²) in [5.74, 6) is 0.377. The fraction of sp³-hybridized carbons (Fsp3) is 0.421. The molecule has 2 aromatic rings. The van der Waals surface area contributed by atoms with Crippen LogP contribution in [0, 0.1) is 0 Å². The lowest BCUT2D eigenvalue weighted by Gasteiger charge is -2.26. The first-order valence-electron chi connectivity index (χ1n) is 9.05. The maximum Gasteiger partial charge on any atom is 0.230 e. The summed E-state index contributed by atoms with van der Waals surface area (Å²) in [6, 6.07) is 10.1. The smallest absolute Gasteiger partial charge is 0.230 e. The van der Waals surface area contributed by atoms with Crippen LogP contribution in [0.1, 0.15) is 6.42 Å². The lowest BCUT2D eigenvalue weighted by Crippen LogP contribution is -2.38. The van der Waals surface area contributed by atoms with E-state index >= 15 is 0 Å². The molecule has 1 aromatic heterocycles. The van der Waals surface area contributed by atoms with Crippen LogP contribution < -0.4 is 5.32 Å². The molecule has 27 heavy (non-hydrogen) atoms. The Morgan fingerprint density at radius 3 is 2.63 bits per heavy atom. The van der Waals surface area contributed by atoms with Crippen LogP contribution >= 0.6 is 23.5 Å². The summed E-state index contributed by atoms with van der Waals surface area (Å²) >= 11 is 2.99. The lowest BCUT2D eigenvalue weighted by molar-refractivity contribution is -0.118. The number of morpholine rings is 1. The van der Waals surface area contributed by atoms with Crippen LogP contribution in [-0.4, -0.2) is 65.9 Å². The van der Waals surface area contributed by atoms with Gasteiger partial charge in [0.25, 0.3) is 0 Å². The van der Waals surface area contributed by atoms with Crippen LogP contribution in [0.2, 0.25) is 0 Å². The van der Waals surface area contributed by atoms with Gasteiger partial charge in [-0.15, -0.1) is 0 Å². The van der Waals surface area contributed by atoms with Gasteiger partial charge in [0.2, 0.25) is 5.91 Å². The zero-order chi connectivity index (χ0) is 18.7. The monoisotopic (exact) mass is 404 g/mol. The Labute approximate surface area is 168 Å². The summed E-state index contributed by atoms with van der Waals surface area (Å²) in [5.41, 5.74) is 0. The van der Waals surface area contributed by atoms with Crippen molar-refractivity contribution in [3.05, 3.63) is 42.7 Å². The molecule has 2 heterocycles. The Bertz CT molecular complexity index is 712. The van der Waals surface area contributed by atoms with E-state index in [1.54, 1.807) is 24.2 Å². The molecule has 1 aromatic carbocycles. The number of carbonyl (C=O) groups is 1. The lowest BCUT2D eigenvalue weighted by atomic mass is 10.3. The predicted molar refractivity (Wildman–Crippen MR) is 108 cm³/mol. The largest absolute Gasteiger partial charge is 0.379 e. The zero-order valence-electron chi connectivity index (χ0n) is 15.2. The summed E-state index contributed by atoms with van der Waals surface area (Å²) in [5, 5.41) is 4.60. The van der Waals surface area contributed by atoms with Crippen LogP contribution in [-0.2, 0) is 9.53 Å². The average molecular weight is 405 g/mol. The first-order valence-corrected chi connectivity index (χ1v) is 10.8. The Morgan fingerprint density at radius 2 is 1.85 bits per heavy atom. The van der Waals surface area contributed by atoms with Gasteiger partial charge in [0.1, 0.15) is 10.1 Å². The third kappa shape index (κ3) is 7.14. The molecule has 1 N–H and O–H groups in total. The van der Waals surface area contributed by atoms with E-state index in [9.17, 15) is 4.79 Å². The minimum absolute atomic E-state index is 0.0308. The SMILES string of the molecule is O=C(CSc1nccnc1Sc1ccccc1)NCCCN1CCOCC1. The molecule has 1 aliphatic rings. The number of benzene rings is 1. The average Bonchev–Trinajstić information content (AvgIpc) is 2.72. The molecule has 1 fully saturated rings. The van der Waals surface area contributed by atoms with Gasteiger partial charge in [0.05, 0.1) is 19.0 Å². The van der Waals surface area contributed by atoms with Gasteiger partial charge < -0.3 is 10.1 Å². The van der Waals surface area contributed by atoms with Crippen LogP contribution in [0.15, 0.2) is 57.7 Å². The van der Waals surface area contributed by atoms with Gasteiger partial charge >= 0.3 is 0 Å². The topological polar surface area (TPSA) is 67.4 Å². The molecular weight excluding hydrogens is 380 g/mol. The highest BCUT2D eigenvalue weighted by atomic mass is 32.2. The molecule has 0 unspecified atom stereocenters. The summed E-state index contributed by atoms with van der Waals surface area (Å²) in [6.07, 6.45) is 4.30. The summed E-state index contributed by atoms with van der Waals surface area (Å²) in [6.45, 7) is 5.28. The molecule has 0 aliphatic carbocycles. The molecule has 144 valence electrons. The number of thioether (sulfide) groups is 1. The van der Waals surface area contributed by atoms with Crippen molar-refractivity contribution in [1.29, 1.82) is 0 Å². The molecule has 0 atom stereocenters. The quantitative estimate of drug-likeness (QED) is 0.509. The first kappa shape index (κ1) is 20.1. The van der Waals surface area contributed by atoms with Crippen molar-refractivity contribution in [3.63, 3.8) is 0 Å². The van der Waals surface area contributed by atoms with Gasteiger partial charge in [-0.05, 0) is 25.1 Å². The molecule has 0 spiro atoms. The molecule has 0 saturated carbocycles. The Hall–Kier alpha value is -1.61. The van der Waals surface area contributed by atoms with Crippen molar-refractivity contribution in [2.75, 3.05) is 45.1 Å². The van der Waals surface area contributed by atoms with Crippen molar-refractivity contribution in [2.45, 2.75) is 21.4 Å². The number of ether oxygens (including phenoxy) is 1. The third-order valence-corrected chi connectivity index (χ3v) is 6.12. The Balaban J connectivity index is 1.39. The number of hydrogen-bond donors (Lipinski definition) is 1. The van der Waals surface area contributed by atoms with Gasteiger partial charge in [-0.3, -0.25) is 9.69 Å². The van der Waals surface area contributed by atoms with Crippen molar-refractivity contribution >= 4 is 29.4 Å². The predicted octanol–water partition coefficient (Wildman–Crippen LogP) is 2.56. The molecular formula is C19H24N4O2S2. The van der Waals surface area contributed by atoms with Crippen LogP contribution in [0.5, 0.6) is 0 Å². The van der Waals surface area contributed by atoms with Gasteiger partial charge in [0.15, 0.2) is 0 Å². The molecule has 0 radical (unpaired) electrons. The maximum absolute atomic E-state index is 12.1. The van der Waals surface area contributed by atoms with Crippen LogP contribution in [0.25, 0.3) is 0 Å². The molecule has 6 nitrogen and oxygen atoms in total. The number of rotatable bonds is 9. The standard InChI is InChI=1S/C19H24N4O2S2/c24-17(20-7-4-10-23-11-13-25-14-12-23)15-26-18-19(22-9-8-21-18)27-16-5-2-1-3-6-16/h1-3,5-6,8-9H,4,7,10-15H2,(H,20,24). The Kier molecular flexibility index (Phi) is 8.41. The minimum Gasteiger partial charge on any atom is -0.379 e. The summed E-state index contributed by atoms with van der Waals surface area (Å²) < 4.78 is 5.34. The van der Waals surface area contributed by atoms with Gasteiger partial charge in [-0.25, -0.2) is 9.97 Å². The molecule has 1 aliphatic heterocycles. The number of aromatic nitrogens is 2. The van der Waals surface area contributed by atoms with E-state index in [-0.39, 0.29) is 5.91 Å². The number of nitrogens with zero attached hydrogens (tertiary/aromatic N) is 3. The highest BCUT2D eigenvalue weighted by Gasteiger charge is 2.12. The molecule has 3 rings (SSSR count). The van der Waals surface area contributed by atoms with E-state index in [0.717, 1.165) is 54.2 Å². The second-order valence-corrected chi connectivity index (χ2v) is 8.05. The zero-order valence-corrected chi connectivity index (χ0v) is 16.8. The fourth-order valence-corrected chi connectivity index (χ4v) is 4.38. The molecule has 8 heteroatoms. The normalized spacial score (nSPS) is 14.8. The first-order chi connectivity index (χ1) is 13.3. The van der Waals surface area contributed by atoms with Crippen molar-refractivity contribution < 1.29 is 9.53 Å². The summed E-state index contributed by atoms with van der Waals surface area (Å²) in [4.78, 5) is 24.4. The number of carbonyl (C=O) groups excluding carboxylic acids is 1. The highest BCUT2D eigenvalue weighted by Crippen LogP contribution is 2.32. The van der Waals surface area contributed by atoms with Gasteiger partial charge in [-0.2, -0.15) is 0 Å². The van der Waals surface area contributed by atoms with Gasteiger partial charge in [0, 0.05) is 36.9 Å². The number of hydrogen-bond acceptors (Lipinski definition) is 7. The van der Waals surface area contributed by atoms with Crippen molar-refractivity contribution in [3.8, 4) is 0 Å². The molecule has 1 amide bonds. The van der Waals surface area contributed by atoms with E-state index in [1.165, 1.54) is 11.8 Å². The van der Waals surface area contributed by atoms with E-state index < -0.39 is 0 Å². The molecule has 0 bridgehead atoms. The third-order valence-electron chi connectivity index (χ3n) is 4.01. The van der Waals surface area contributed by atoms with E-state index in [1.807, 2.05) is 30.3 Å².